The van der Waals surface area contributed by atoms with Crippen LogP contribution >= 0.6 is 0 Å². The molecule has 0 N–H and O–H groups in total. The molecule has 0 aliphatic heterocycles. The van der Waals surface area contributed by atoms with Crippen LogP contribution in [0.5, 0.6) is 0 Å². The van der Waals surface area contributed by atoms with E-state index in [2.05, 4.69) is 19.9 Å². The largest absolute Gasteiger partial charge is 0.297 e. The minimum absolute atomic E-state index is 0.209. The molecular formula is C27H37NO3S. The predicted molar refractivity (Wildman–Crippen MR) is 124 cm³/mol. The first-order valence-corrected chi connectivity index (χ1v) is 14.0. The van der Waals surface area contributed by atoms with E-state index < -0.39 is 10.1 Å². The van der Waals surface area contributed by atoms with Gasteiger partial charge in [-0.25, -0.2) is 0 Å². The Morgan fingerprint density at radius 1 is 0.938 bits per heavy atom. The summed E-state index contributed by atoms with van der Waals surface area (Å²) < 4.78 is 31.5. The molecule has 0 amide bonds. The molecule has 0 bridgehead atoms. The van der Waals surface area contributed by atoms with Gasteiger partial charge in [0, 0.05) is 0 Å². The number of nitriles is 1. The zero-order valence-electron chi connectivity index (χ0n) is 19.7. The first kappa shape index (κ1) is 22.4. The van der Waals surface area contributed by atoms with E-state index in [1.807, 2.05) is 19.1 Å². The normalized spacial score (nSPS) is 43.6. The number of fused-ring (bicyclic) bond motifs is 5. The number of hydrogen-bond donors (Lipinski definition) is 0. The van der Waals surface area contributed by atoms with Crippen LogP contribution in [-0.2, 0) is 14.3 Å². The monoisotopic (exact) mass is 455 g/mol. The van der Waals surface area contributed by atoms with Crippen molar-refractivity contribution < 1.29 is 12.6 Å². The van der Waals surface area contributed by atoms with Crippen molar-refractivity contribution in [1.82, 2.24) is 0 Å². The average Bonchev–Trinajstić information content (AvgIpc) is 3.10. The van der Waals surface area contributed by atoms with Gasteiger partial charge in [-0.05, 0) is 111 Å². The molecule has 4 aliphatic rings. The van der Waals surface area contributed by atoms with E-state index in [0.29, 0.717) is 17.8 Å². The van der Waals surface area contributed by atoms with Crippen molar-refractivity contribution in [1.29, 1.82) is 5.26 Å². The molecular weight excluding hydrogens is 418 g/mol. The smallest absolute Gasteiger partial charge is 0.263 e. The van der Waals surface area contributed by atoms with Crippen LogP contribution in [0, 0.1) is 58.7 Å². The van der Waals surface area contributed by atoms with E-state index in [-0.39, 0.29) is 27.7 Å². The average molecular weight is 456 g/mol. The summed E-state index contributed by atoms with van der Waals surface area (Å²) in [5.41, 5.74) is 1.53. The fourth-order valence-electron chi connectivity index (χ4n) is 8.46. The van der Waals surface area contributed by atoms with E-state index in [0.717, 1.165) is 37.2 Å². The van der Waals surface area contributed by atoms with Crippen LogP contribution in [0.1, 0.15) is 77.2 Å². The zero-order chi connectivity index (χ0) is 22.7. The third-order valence-electron chi connectivity index (χ3n) is 10.3. The van der Waals surface area contributed by atoms with Crippen LogP contribution in [-0.4, -0.2) is 14.5 Å². The van der Waals surface area contributed by atoms with Crippen LogP contribution in [0.3, 0.4) is 0 Å². The number of aryl methyl sites for hydroxylation is 1. The molecule has 1 aromatic carbocycles. The van der Waals surface area contributed by atoms with Crippen molar-refractivity contribution >= 4 is 10.1 Å². The highest BCUT2D eigenvalue weighted by atomic mass is 32.2. The molecule has 0 aromatic heterocycles. The maximum absolute atomic E-state index is 12.9. The molecule has 0 unspecified atom stereocenters. The fourth-order valence-corrected chi connectivity index (χ4v) is 9.57. The Balaban J connectivity index is 1.30. The second-order valence-electron chi connectivity index (χ2n) is 11.7. The molecule has 174 valence electrons. The molecule has 0 saturated heterocycles. The lowest BCUT2D eigenvalue weighted by atomic mass is 9.45. The first-order chi connectivity index (χ1) is 15.2. The van der Waals surface area contributed by atoms with Crippen LogP contribution in [0.4, 0.5) is 0 Å². The highest BCUT2D eigenvalue weighted by Crippen LogP contribution is 2.67. The fraction of sp³-hybridized carbons (Fsp3) is 0.741. The van der Waals surface area contributed by atoms with Gasteiger partial charge >= 0.3 is 0 Å². The highest BCUT2D eigenvalue weighted by Gasteiger charge is 2.60. The van der Waals surface area contributed by atoms with Gasteiger partial charge in [0.05, 0.1) is 23.0 Å². The van der Waals surface area contributed by atoms with Crippen molar-refractivity contribution in [3.05, 3.63) is 29.8 Å². The molecule has 0 spiro atoms. The highest BCUT2D eigenvalue weighted by molar-refractivity contribution is 7.86. The van der Waals surface area contributed by atoms with Crippen LogP contribution in [0.15, 0.2) is 29.2 Å². The minimum Gasteiger partial charge on any atom is -0.263 e. The summed E-state index contributed by atoms with van der Waals surface area (Å²) >= 11 is 0. The summed E-state index contributed by atoms with van der Waals surface area (Å²) in [6, 6.07) is 9.59. The number of benzene rings is 1. The molecule has 0 radical (unpaired) electrons. The number of rotatable bonds is 3. The summed E-state index contributed by atoms with van der Waals surface area (Å²) in [5, 5.41) is 9.71. The molecule has 5 heteroatoms. The van der Waals surface area contributed by atoms with Gasteiger partial charge in [-0.2, -0.15) is 13.7 Å². The molecule has 1 aromatic rings. The summed E-state index contributed by atoms with van der Waals surface area (Å²) in [7, 11) is -3.72. The van der Waals surface area contributed by atoms with Gasteiger partial charge in [0.1, 0.15) is 0 Å². The molecule has 8 atom stereocenters. The lowest BCUT2D eigenvalue weighted by Crippen LogP contribution is -2.54. The van der Waals surface area contributed by atoms with Crippen LogP contribution in [0.25, 0.3) is 0 Å². The van der Waals surface area contributed by atoms with Crippen molar-refractivity contribution in [3.8, 4) is 6.07 Å². The van der Waals surface area contributed by atoms with Gasteiger partial charge in [-0.3, -0.25) is 4.18 Å². The molecule has 0 heterocycles. The topological polar surface area (TPSA) is 67.2 Å². The SMILES string of the molecule is Cc1ccc(S(=O)(=O)O[C@H]2CC[C@@]3(C)[C@@H](CC[C@@H]4[C@@H]3CC[C@]3(C)[C@@H](C#N)CC[C@@H]43)C2)cc1. The predicted octanol–water partition coefficient (Wildman–Crippen LogP) is 6.25. The van der Waals surface area contributed by atoms with Crippen LogP contribution < -0.4 is 0 Å². The van der Waals surface area contributed by atoms with Crippen molar-refractivity contribution in [3.63, 3.8) is 0 Å². The van der Waals surface area contributed by atoms with E-state index in [1.165, 1.54) is 32.1 Å². The Kier molecular flexibility index (Phi) is 5.49. The second kappa shape index (κ2) is 7.84. The Labute approximate surface area is 193 Å². The Morgan fingerprint density at radius 3 is 2.34 bits per heavy atom. The van der Waals surface area contributed by atoms with Gasteiger partial charge in [0.15, 0.2) is 0 Å². The van der Waals surface area contributed by atoms with Gasteiger partial charge in [-0.15, -0.1) is 0 Å². The second-order valence-corrected chi connectivity index (χ2v) is 13.3. The quantitative estimate of drug-likeness (QED) is 0.505. The van der Waals surface area contributed by atoms with E-state index in [1.54, 1.807) is 12.1 Å². The third-order valence-corrected chi connectivity index (χ3v) is 11.7. The maximum atomic E-state index is 12.9. The summed E-state index contributed by atoms with van der Waals surface area (Å²) in [4.78, 5) is 0.264. The van der Waals surface area contributed by atoms with E-state index >= 15 is 0 Å². The Hall–Kier alpha value is -1.38. The van der Waals surface area contributed by atoms with Crippen molar-refractivity contribution in [2.24, 2.45) is 40.4 Å². The summed E-state index contributed by atoms with van der Waals surface area (Å²) in [6.07, 6.45) is 9.64. The number of hydrogen-bond acceptors (Lipinski definition) is 4. The standard InChI is InChI=1S/C27H37NO3S/c1-18-4-8-22(9-5-18)32(29,30)31-21-12-14-26(2)19(16-21)6-10-23-24-11-7-20(17-28)27(24,3)15-13-25(23)26/h4-5,8-9,19-21,23-25H,6-7,10-16H2,1-3H3/t19-,20+,21-,23-,24-,25-,26-,27+/m0/s1. The zero-order valence-corrected chi connectivity index (χ0v) is 20.5. The molecule has 32 heavy (non-hydrogen) atoms. The van der Waals surface area contributed by atoms with Gasteiger partial charge < -0.3 is 0 Å². The van der Waals surface area contributed by atoms with Gasteiger partial charge in [0.25, 0.3) is 10.1 Å². The Bertz CT molecular complexity index is 1010. The summed E-state index contributed by atoms with van der Waals surface area (Å²) in [6.45, 7) is 6.83. The lowest BCUT2D eigenvalue weighted by molar-refractivity contribution is -0.120. The number of nitrogens with zero attached hydrogens (tertiary/aromatic N) is 1. The van der Waals surface area contributed by atoms with Crippen molar-refractivity contribution in [2.45, 2.75) is 89.6 Å². The van der Waals surface area contributed by atoms with Gasteiger partial charge in [-0.1, -0.05) is 31.5 Å². The lowest BCUT2D eigenvalue weighted by Gasteiger charge is -2.60. The Morgan fingerprint density at radius 2 is 1.62 bits per heavy atom. The molecule has 4 fully saturated rings. The first-order valence-electron chi connectivity index (χ1n) is 12.6. The van der Waals surface area contributed by atoms with Crippen molar-refractivity contribution in [2.75, 3.05) is 0 Å². The summed E-state index contributed by atoms with van der Waals surface area (Å²) in [5.74, 6) is 2.91. The minimum atomic E-state index is -3.72. The van der Waals surface area contributed by atoms with E-state index in [4.69, 9.17) is 4.18 Å². The van der Waals surface area contributed by atoms with Crippen LogP contribution in [0.2, 0.25) is 0 Å². The third kappa shape index (κ3) is 3.44. The van der Waals surface area contributed by atoms with E-state index in [9.17, 15) is 13.7 Å². The molecule has 4 saturated carbocycles. The molecule has 5 rings (SSSR count). The van der Waals surface area contributed by atoms with Gasteiger partial charge in [0.2, 0.25) is 0 Å². The molecule has 4 aliphatic carbocycles. The maximum Gasteiger partial charge on any atom is 0.297 e. The molecule has 4 nitrogen and oxygen atoms in total.